The summed E-state index contributed by atoms with van der Waals surface area (Å²) in [7, 11) is 0. The summed E-state index contributed by atoms with van der Waals surface area (Å²) < 4.78 is 0. The Balaban J connectivity index is 2.34. The lowest BCUT2D eigenvalue weighted by molar-refractivity contribution is 0.955. The van der Waals surface area contributed by atoms with Crippen LogP contribution in [-0.4, -0.2) is 15.0 Å². The summed E-state index contributed by atoms with van der Waals surface area (Å²) in [5, 5.41) is 1.48. The first-order valence-electron chi connectivity index (χ1n) is 6.75. The van der Waals surface area contributed by atoms with Crippen molar-refractivity contribution in [3.05, 3.63) is 57.1 Å². The molecule has 2 heterocycles. The summed E-state index contributed by atoms with van der Waals surface area (Å²) in [6.45, 7) is 3.77. The van der Waals surface area contributed by atoms with E-state index in [0.29, 0.717) is 22.8 Å². The zero-order valence-electron chi connectivity index (χ0n) is 11.8. The van der Waals surface area contributed by atoms with Crippen LogP contribution in [0.3, 0.4) is 0 Å². The number of hydrogen-bond acceptors (Lipinski definition) is 3. The highest BCUT2D eigenvalue weighted by molar-refractivity contribution is 6.35. The maximum absolute atomic E-state index is 12.1. The number of pyridine rings is 1. The molecule has 0 radical (unpaired) electrons. The highest BCUT2D eigenvalue weighted by atomic mass is 35.5. The summed E-state index contributed by atoms with van der Waals surface area (Å²) >= 11 is 6.20. The van der Waals surface area contributed by atoms with Crippen LogP contribution in [0.15, 0.2) is 35.3 Å². The van der Waals surface area contributed by atoms with Gasteiger partial charge < -0.3 is 4.98 Å². The van der Waals surface area contributed by atoms with Crippen LogP contribution in [0.2, 0.25) is 5.02 Å². The minimum absolute atomic E-state index is 0.115. The summed E-state index contributed by atoms with van der Waals surface area (Å²) in [6, 6.07) is 7.37. The van der Waals surface area contributed by atoms with Crippen LogP contribution in [0.4, 0.5) is 0 Å². The average molecular weight is 300 g/mol. The third kappa shape index (κ3) is 2.32. The molecular weight excluding hydrogens is 286 g/mol. The second kappa shape index (κ2) is 5.30. The van der Waals surface area contributed by atoms with Crippen molar-refractivity contribution in [2.24, 2.45) is 0 Å². The maximum Gasteiger partial charge on any atom is 0.254 e. The Morgan fingerprint density at radius 3 is 2.86 bits per heavy atom. The first-order chi connectivity index (χ1) is 10.1. The van der Waals surface area contributed by atoms with Crippen LogP contribution in [0.25, 0.3) is 22.3 Å². The van der Waals surface area contributed by atoms with Crippen LogP contribution in [-0.2, 0) is 6.42 Å². The summed E-state index contributed by atoms with van der Waals surface area (Å²) in [5.74, 6) is 0.530. The second-order valence-electron chi connectivity index (χ2n) is 4.83. The van der Waals surface area contributed by atoms with Crippen molar-refractivity contribution in [2.75, 3.05) is 0 Å². The normalized spacial score (nSPS) is 11.0. The molecule has 1 N–H and O–H groups in total. The number of hydrogen-bond donors (Lipinski definition) is 1. The van der Waals surface area contributed by atoms with Gasteiger partial charge >= 0.3 is 0 Å². The molecule has 1 aromatic carbocycles. The van der Waals surface area contributed by atoms with Gasteiger partial charge in [-0.2, -0.15) is 0 Å². The molecule has 0 spiro atoms. The van der Waals surface area contributed by atoms with Crippen molar-refractivity contribution in [1.82, 2.24) is 15.0 Å². The number of fused-ring (bicyclic) bond motifs is 1. The molecule has 0 saturated carbocycles. The van der Waals surface area contributed by atoms with E-state index in [1.165, 1.54) is 0 Å². The summed E-state index contributed by atoms with van der Waals surface area (Å²) in [4.78, 5) is 23.8. The van der Waals surface area contributed by atoms with E-state index in [9.17, 15) is 4.79 Å². The van der Waals surface area contributed by atoms with E-state index in [1.54, 1.807) is 19.2 Å². The zero-order chi connectivity index (χ0) is 15.0. The molecule has 0 saturated heterocycles. The molecule has 106 valence electrons. The molecule has 3 rings (SSSR count). The number of nitrogens with zero attached hydrogens (tertiary/aromatic N) is 2. The summed E-state index contributed by atoms with van der Waals surface area (Å²) in [5.41, 5.74) is 2.86. The van der Waals surface area contributed by atoms with Crippen molar-refractivity contribution < 1.29 is 0 Å². The predicted molar refractivity (Wildman–Crippen MR) is 84.7 cm³/mol. The lowest BCUT2D eigenvalue weighted by atomic mass is 10.1. The molecule has 0 amide bonds. The number of H-pyrrole nitrogens is 1. The number of benzene rings is 1. The number of aryl methyl sites for hydroxylation is 1. The topological polar surface area (TPSA) is 58.6 Å². The van der Waals surface area contributed by atoms with Crippen molar-refractivity contribution in [3.8, 4) is 11.4 Å². The molecule has 0 bridgehead atoms. The smallest absolute Gasteiger partial charge is 0.254 e. The molecule has 0 unspecified atom stereocenters. The number of nitrogens with one attached hydrogen (secondary N) is 1. The minimum atomic E-state index is -0.115. The zero-order valence-corrected chi connectivity index (χ0v) is 12.5. The van der Waals surface area contributed by atoms with Gasteiger partial charge in [-0.05, 0) is 37.6 Å². The standard InChI is InChI=1S/C16H14ClN3O/c1-3-13-9(2)16(21)20-15(19-13)11-6-7-12(17)10-5-4-8-18-14(10)11/h4-8H,3H2,1-2H3,(H,19,20,21). The number of aromatic amines is 1. The second-order valence-corrected chi connectivity index (χ2v) is 5.24. The van der Waals surface area contributed by atoms with Gasteiger partial charge in [-0.1, -0.05) is 18.5 Å². The van der Waals surface area contributed by atoms with E-state index in [-0.39, 0.29) is 5.56 Å². The van der Waals surface area contributed by atoms with Crippen LogP contribution >= 0.6 is 11.6 Å². The Morgan fingerprint density at radius 1 is 1.29 bits per heavy atom. The molecule has 0 aliphatic carbocycles. The molecule has 5 heteroatoms. The van der Waals surface area contributed by atoms with Gasteiger partial charge in [0.25, 0.3) is 5.56 Å². The molecular formula is C16H14ClN3O. The fraction of sp³-hybridized carbons (Fsp3) is 0.188. The van der Waals surface area contributed by atoms with E-state index < -0.39 is 0 Å². The van der Waals surface area contributed by atoms with Gasteiger partial charge in [-0.15, -0.1) is 0 Å². The van der Waals surface area contributed by atoms with Gasteiger partial charge in [0.2, 0.25) is 0 Å². The molecule has 0 aliphatic rings. The van der Waals surface area contributed by atoms with E-state index in [1.807, 2.05) is 25.1 Å². The maximum atomic E-state index is 12.1. The van der Waals surface area contributed by atoms with E-state index in [2.05, 4.69) is 15.0 Å². The molecule has 0 fully saturated rings. The van der Waals surface area contributed by atoms with E-state index in [0.717, 1.165) is 22.2 Å². The molecule has 2 aromatic heterocycles. The van der Waals surface area contributed by atoms with Crippen LogP contribution in [0.1, 0.15) is 18.2 Å². The van der Waals surface area contributed by atoms with Crippen LogP contribution in [0.5, 0.6) is 0 Å². The Kier molecular flexibility index (Phi) is 3.47. The Hall–Kier alpha value is -2.20. The molecule has 4 nitrogen and oxygen atoms in total. The SMILES string of the molecule is CCc1nc(-c2ccc(Cl)c3cccnc23)[nH]c(=O)c1C. The van der Waals surface area contributed by atoms with Crippen LogP contribution in [0, 0.1) is 6.92 Å². The fourth-order valence-corrected chi connectivity index (χ4v) is 2.60. The van der Waals surface area contributed by atoms with Gasteiger partial charge in [-0.25, -0.2) is 4.98 Å². The molecule has 3 aromatic rings. The first kappa shape index (κ1) is 13.8. The Labute approximate surface area is 126 Å². The lowest BCUT2D eigenvalue weighted by Gasteiger charge is -2.09. The van der Waals surface area contributed by atoms with Gasteiger partial charge in [0, 0.05) is 22.7 Å². The first-order valence-corrected chi connectivity index (χ1v) is 7.13. The van der Waals surface area contributed by atoms with Crippen molar-refractivity contribution in [1.29, 1.82) is 0 Å². The van der Waals surface area contributed by atoms with Crippen molar-refractivity contribution in [3.63, 3.8) is 0 Å². The largest absolute Gasteiger partial charge is 0.306 e. The van der Waals surface area contributed by atoms with E-state index >= 15 is 0 Å². The Bertz CT molecular complexity index is 886. The lowest BCUT2D eigenvalue weighted by Crippen LogP contribution is -2.15. The predicted octanol–water partition coefficient (Wildman–Crippen LogP) is 3.51. The molecule has 0 atom stereocenters. The summed E-state index contributed by atoms with van der Waals surface area (Å²) in [6.07, 6.45) is 2.41. The highest BCUT2D eigenvalue weighted by Crippen LogP contribution is 2.29. The van der Waals surface area contributed by atoms with Gasteiger partial charge in [-0.3, -0.25) is 9.78 Å². The number of rotatable bonds is 2. The minimum Gasteiger partial charge on any atom is -0.306 e. The van der Waals surface area contributed by atoms with Crippen molar-refractivity contribution >= 4 is 22.5 Å². The average Bonchev–Trinajstić information content (AvgIpc) is 2.51. The van der Waals surface area contributed by atoms with Crippen molar-refractivity contribution in [2.45, 2.75) is 20.3 Å². The third-order valence-electron chi connectivity index (χ3n) is 3.56. The van der Waals surface area contributed by atoms with E-state index in [4.69, 9.17) is 11.6 Å². The van der Waals surface area contributed by atoms with Crippen LogP contribution < -0.4 is 5.56 Å². The van der Waals surface area contributed by atoms with Gasteiger partial charge in [0.1, 0.15) is 5.82 Å². The molecule has 21 heavy (non-hydrogen) atoms. The number of aromatic nitrogens is 3. The highest BCUT2D eigenvalue weighted by Gasteiger charge is 2.12. The fourth-order valence-electron chi connectivity index (χ4n) is 2.38. The Morgan fingerprint density at radius 2 is 2.10 bits per heavy atom. The molecule has 0 aliphatic heterocycles. The van der Waals surface area contributed by atoms with Gasteiger partial charge in [0.05, 0.1) is 16.2 Å². The number of halogens is 1. The monoisotopic (exact) mass is 299 g/mol. The quantitative estimate of drug-likeness (QED) is 0.788. The third-order valence-corrected chi connectivity index (χ3v) is 3.89. The van der Waals surface area contributed by atoms with Gasteiger partial charge in [0.15, 0.2) is 0 Å².